The van der Waals surface area contributed by atoms with E-state index in [0.29, 0.717) is 36.1 Å². The number of hydrogen-bond donors (Lipinski definition) is 1. The van der Waals surface area contributed by atoms with E-state index in [9.17, 15) is 8.42 Å². The largest absolute Gasteiger partial charge is 0.366 e. The minimum Gasteiger partial charge on any atom is -0.366 e. The molecule has 0 saturated carbocycles. The maximum Gasteiger partial charge on any atom is 0.243 e. The standard InChI is InChI=1S/C26H29BrN6O2S/c1-18(2)20-7-9-22(10-8-20)36(34,35)32-12-4-6-21(17-32)24-13-25(29-15-19-5-3-11-28-14-19)33-26(31-24)23(27)16-30-33/h3,5,7-11,13-14,16,18,21,29H,4,6,12,15,17H2,1-2H3. The van der Waals surface area contributed by atoms with E-state index in [2.05, 4.69) is 45.2 Å². The van der Waals surface area contributed by atoms with Crippen LogP contribution in [0.1, 0.15) is 55.3 Å². The molecule has 1 N–H and O–H groups in total. The first-order chi connectivity index (χ1) is 17.3. The van der Waals surface area contributed by atoms with Gasteiger partial charge in [0.15, 0.2) is 5.65 Å². The van der Waals surface area contributed by atoms with Crippen molar-refractivity contribution in [2.75, 3.05) is 18.4 Å². The Labute approximate surface area is 220 Å². The summed E-state index contributed by atoms with van der Waals surface area (Å²) in [5, 5.41) is 7.90. The minimum absolute atomic E-state index is 0.0193. The van der Waals surface area contributed by atoms with Crippen molar-refractivity contribution in [1.29, 1.82) is 0 Å². The Morgan fingerprint density at radius 2 is 1.97 bits per heavy atom. The summed E-state index contributed by atoms with van der Waals surface area (Å²) in [6.07, 6.45) is 6.94. The normalized spacial score (nSPS) is 17.1. The third kappa shape index (κ3) is 5.02. The lowest BCUT2D eigenvalue weighted by molar-refractivity contribution is 0.313. The molecular weight excluding hydrogens is 540 g/mol. The van der Waals surface area contributed by atoms with E-state index in [4.69, 9.17) is 4.98 Å². The Bertz CT molecular complexity index is 1460. The fourth-order valence-corrected chi connectivity index (χ4v) is 6.43. The van der Waals surface area contributed by atoms with E-state index >= 15 is 0 Å². The van der Waals surface area contributed by atoms with Crippen molar-refractivity contribution >= 4 is 37.4 Å². The van der Waals surface area contributed by atoms with Gasteiger partial charge in [0.05, 0.1) is 21.3 Å². The van der Waals surface area contributed by atoms with Crippen LogP contribution in [0.15, 0.2) is 70.4 Å². The number of halogens is 1. The third-order valence-corrected chi connectivity index (χ3v) is 9.07. The van der Waals surface area contributed by atoms with Gasteiger partial charge >= 0.3 is 0 Å². The van der Waals surface area contributed by atoms with Crippen LogP contribution in [0, 0.1) is 0 Å². The predicted molar refractivity (Wildman–Crippen MR) is 144 cm³/mol. The molecule has 4 aromatic rings. The lowest BCUT2D eigenvalue weighted by Crippen LogP contribution is -2.39. The summed E-state index contributed by atoms with van der Waals surface area (Å²) in [6.45, 7) is 5.69. The van der Waals surface area contributed by atoms with Gasteiger partial charge < -0.3 is 5.32 Å². The number of nitrogens with zero attached hydrogens (tertiary/aromatic N) is 5. The predicted octanol–water partition coefficient (Wildman–Crippen LogP) is 5.19. The molecule has 0 aliphatic carbocycles. The quantitative estimate of drug-likeness (QED) is 0.330. The molecule has 1 atom stereocenters. The molecule has 0 amide bonds. The zero-order valence-electron chi connectivity index (χ0n) is 20.3. The second-order valence-corrected chi connectivity index (χ2v) is 12.2. The smallest absolute Gasteiger partial charge is 0.243 e. The molecule has 36 heavy (non-hydrogen) atoms. The summed E-state index contributed by atoms with van der Waals surface area (Å²) < 4.78 is 31.1. The maximum atomic E-state index is 13.5. The number of benzene rings is 1. The van der Waals surface area contributed by atoms with Gasteiger partial charge in [-0.1, -0.05) is 32.0 Å². The Balaban J connectivity index is 1.41. The number of anilines is 1. The highest BCUT2D eigenvalue weighted by molar-refractivity contribution is 9.10. The van der Waals surface area contributed by atoms with Gasteiger partial charge in [-0.15, -0.1) is 0 Å². The van der Waals surface area contributed by atoms with Crippen LogP contribution in [-0.2, 0) is 16.6 Å². The second kappa shape index (κ2) is 10.3. The van der Waals surface area contributed by atoms with Gasteiger partial charge in [-0.05, 0) is 64.0 Å². The first-order valence-corrected chi connectivity index (χ1v) is 14.3. The van der Waals surface area contributed by atoms with Crippen molar-refractivity contribution in [3.63, 3.8) is 0 Å². The summed E-state index contributed by atoms with van der Waals surface area (Å²) >= 11 is 3.56. The average Bonchev–Trinajstić information content (AvgIpc) is 3.28. The van der Waals surface area contributed by atoms with Crippen LogP contribution >= 0.6 is 15.9 Å². The van der Waals surface area contributed by atoms with Crippen molar-refractivity contribution in [3.05, 3.63) is 82.3 Å². The number of aromatic nitrogens is 4. The zero-order valence-corrected chi connectivity index (χ0v) is 22.7. The molecule has 0 spiro atoms. The molecule has 1 aliphatic heterocycles. The molecule has 8 nitrogen and oxygen atoms in total. The third-order valence-electron chi connectivity index (χ3n) is 6.63. The van der Waals surface area contributed by atoms with E-state index in [1.165, 1.54) is 0 Å². The van der Waals surface area contributed by atoms with Crippen LogP contribution in [0.3, 0.4) is 0 Å². The van der Waals surface area contributed by atoms with Crippen LogP contribution in [-0.4, -0.2) is 45.4 Å². The molecular formula is C26H29BrN6O2S. The zero-order chi connectivity index (χ0) is 25.3. The van der Waals surface area contributed by atoms with Crippen molar-refractivity contribution in [3.8, 4) is 0 Å². The van der Waals surface area contributed by atoms with Gasteiger partial charge in [0.2, 0.25) is 10.0 Å². The average molecular weight is 570 g/mol. The lowest BCUT2D eigenvalue weighted by Gasteiger charge is -2.32. The summed E-state index contributed by atoms with van der Waals surface area (Å²) in [6, 6.07) is 13.2. The maximum absolute atomic E-state index is 13.5. The number of hydrogen-bond acceptors (Lipinski definition) is 6. The highest BCUT2D eigenvalue weighted by atomic mass is 79.9. The SMILES string of the molecule is CC(C)c1ccc(S(=O)(=O)N2CCCC(c3cc(NCc4cccnc4)n4ncc(Br)c4n3)C2)cc1. The van der Waals surface area contributed by atoms with Gasteiger partial charge in [0.1, 0.15) is 5.82 Å². The highest BCUT2D eigenvalue weighted by Gasteiger charge is 2.32. The first-order valence-electron chi connectivity index (χ1n) is 12.1. The lowest BCUT2D eigenvalue weighted by atomic mass is 9.96. The Morgan fingerprint density at radius 1 is 1.17 bits per heavy atom. The Kier molecular flexibility index (Phi) is 7.09. The van der Waals surface area contributed by atoms with Crippen molar-refractivity contribution in [2.24, 2.45) is 0 Å². The molecule has 1 aromatic carbocycles. The van der Waals surface area contributed by atoms with Gasteiger partial charge in [0, 0.05) is 44.0 Å². The van der Waals surface area contributed by atoms with Crippen LogP contribution in [0.5, 0.6) is 0 Å². The number of nitrogens with one attached hydrogen (secondary N) is 1. The Hall–Kier alpha value is -2.82. The number of pyridine rings is 1. The summed E-state index contributed by atoms with van der Waals surface area (Å²) in [7, 11) is -3.59. The van der Waals surface area contributed by atoms with Crippen LogP contribution in [0.2, 0.25) is 0 Å². The number of sulfonamides is 1. The Morgan fingerprint density at radius 3 is 2.69 bits per heavy atom. The fourth-order valence-electron chi connectivity index (χ4n) is 4.56. The summed E-state index contributed by atoms with van der Waals surface area (Å²) in [5.41, 5.74) is 3.73. The van der Waals surface area contributed by atoms with Gasteiger partial charge in [-0.2, -0.15) is 13.9 Å². The van der Waals surface area contributed by atoms with Crippen molar-refractivity contribution in [2.45, 2.75) is 50.0 Å². The van der Waals surface area contributed by atoms with Gasteiger partial charge in [-0.25, -0.2) is 13.4 Å². The molecule has 1 aliphatic rings. The summed E-state index contributed by atoms with van der Waals surface area (Å²) in [4.78, 5) is 9.39. The molecule has 3 aromatic heterocycles. The molecule has 5 rings (SSSR count). The summed E-state index contributed by atoms with van der Waals surface area (Å²) in [5.74, 6) is 1.13. The van der Waals surface area contributed by atoms with Crippen molar-refractivity contribution < 1.29 is 8.42 Å². The molecule has 188 valence electrons. The van der Waals surface area contributed by atoms with Crippen LogP contribution in [0.25, 0.3) is 5.65 Å². The van der Waals surface area contributed by atoms with Gasteiger partial charge in [0.25, 0.3) is 0 Å². The van der Waals surface area contributed by atoms with Gasteiger partial charge in [-0.3, -0.25) is 4.98 Å². The van der Waals surface area contributed by atoms with E-state index in [0.717, 1.165) is 40.0 Å². The number of piperidine rings is 1. The van der Waals surface area contributed by atoms with E-state index in [1.54, 1.807) is 33.3 Å². The van der Waals surface area contributed by atoms with E-state index in [1.807, 2.05) is 36.5 Å². The first kappa shape index (κ1) is 24.9. The second-order valence-electron chi connectivity index (χ2n) is 9.43. The fraction of sp³-hybridized carbons (Fsp3) is 0.346. The minimum atomic E-state index is -3.59. The molecule has 1 fully saturated rings. The van der Waals surface area contributed by atoms with E-state index in [-0.39, 0.29) is 5.92 Å². The monoisotopic (exact) mass is 568 g/mol. The molecule has 0 radical (unpaired) electrons. The number of fused-ring (bicyclic) bond motifs is 1. The molecule has 10 heteroatoms. The topological polar surface area (TPSA) is 92.5 Å². The van der Waals surface area contributed by atoms with Crippen LogP contribution in [0.4, 0.5) is 5.82 Å². The highest BCUT2D eigenvalue weighted by Crippen LogP contribution is 2.32. The van der Waals surface area contributed by atoms with Crippen LogP contribution < -0.4 is 5.32 Å². The molecule has 1 saturated heterocycles. The molecule has 0 bridgehead atoms. The van der Waals surface area contributed by atoms with E-state index < -0.39 is 10.0 Å². The number of rotatable bonds is 7. The van der Waals surface area contributed by atoms with Crippen molar-refractivity contribution in [1.82, 2.24) is 23.9 Å². The molecule has 4 heterocycles. The molecule has 1 unspecified atom stereocenters.